The first-order valence-corrected chi connectivity index (χ1v) is 11.6. The lowest BCUT2D eigenvalue weighted by atomic mass is 10.2. The molecule has 0 aromatic heterocycles. The summed E-state index contributed by atoms with van der Waals surface area (Å²) in [6.07, 6.45) is -0.816. The molecule has 11 nitrogen and oxygen atoms in total. The number of nitro benzene ring substituents is 1. The third-order valence-electron chi connectivity index (χ3n) is 5.20. The molecule has 2 aromatic rings. The van der Waals surface area contributed by atoms with Gasteiger partial charge in [-0.15, -0.1) is 0 Å². The van der Waals surface area contributed by atoms with E-state index in [4.69, 9.17) is 4.74 Å². The molecule has 0 bridgehead atoms. The summed E-state index contributed by atoms with van der Waals surface area (Å²) in [5.41, 5.74) is -0.0637. The lowest BCUT2D eigenvalue weighted by Gasteiger charge is -2.34. The standard InChI is InChI=1S/C21H25N3O8S/c1-31-21(26)16-6-8-18(9-7-16)32-15-17(25)14-22-10-12-23(13-11-22)33(29,30)20-5-3-2-4-19(20)24(27)28/h2-9,17,25H,10-15H2,1H3. The number of ether oxygens (including phenoxy) is 2. The van der Waals surface area contributed by atoms with Gasteiger partial charge in [0.2, 0.25) is 10.0 Å². The van der Waals surface area contributed by atoms with Crippen LogP contribution in [0.1, 0.15) is 10.4 Å². The van der Waals surface area contributed by atoms with E-state index in [0.717, 1.165) is 0 Å². The first-order valence-electron chi connectivity index (χ1n) is 10.2. The second-order valence-corrected chi connectivity index (χ2v) is 9.32. The smallest absolute Gasteiger partial charge is 0.337 e. The number of sulfonamides is 1. The number of carbonyl (C=O) groups excluding carboxylic acids is 1. The van der Waals surface area contributed by atoms with Gasteiger partial charge in [-0.05, 0) is 30.3 Å². The topological polar surface area (TPSA) is 140 Å². The van der Waals surface area contributed by atoms with Gasteiger partial charge in [-0.3, -0.25) is 15.0 Å². The van der Waals surface area contributed by atoms with Crippen molar-refractivity contribution < 1.29 is 32.7 Å². The Morgan fingerprint density at radius 2 is 1.76 bits per heavy atom. The van der Waals surface area contributed by atoms with E-state index < -0.39 is 32.7 Å². The van der Waals surface area contributed by atoms with E-state index in [1.807, 2.05) is 4.90 Å². The number of nitrogens with zero attached hydrogens (tertiary/aromatic N) is 3. The highest BCUT2D eigenvalue weighted by Crippen LogP contribution is 2.27. The van der Waals surface area contributed by atoms with Gasteiger partial charge in [0.25, 0.3) is 5.69 Å². The Labute approximate surface area is 191 Å². The monoisotopic (exact) mass is 479 g/mol. The summed E-state index contributed by atoms with van der Waals surface area (Å²) in [5.74, 6) is 0.0340. The van der Waals surface area contributed by atoms with Gasteiger partial charge < -0.3 is 14.6 Å². The molecule has 12 heteroatoms. The van der Waals surface area contributed by atoms with Gasteiger partial charge in [0.05, 0.1) is 17.6 Å². The van der Waals surface area contributed by atoms with E-state index in [0.29, 0.717) is 24.4 Å². The molecule has 178 valence electrons. The van der Waals surface area contributed by atoms with Crippen LogP contribution in [-0.2, 0) is 14.8 Å². The molecule has 1 saturated heterocycles. The second kappa shape index (κ2) is 10.7. The van der Waals surface area contributed by atoms with Gasteiger partial charge in [-0.1, -0.05) is 12.1 Å². The molecular formula is C21H25N3O8S. The lowest BCUT2D eigenvalue weighted by Crippen LogP contribution is -2.50. The van der Waals surface area contributed by atoms with Crippen LogP contribution in [0.2, 0.25) is 0 Å². The number of para-hydroxylation sites is 1. The third-order valence-corrected chi connectivity index (χ3v) is 7.14. The Balaban J connectivity index is 1.50. The fourth-order valence-electron chi connectivity index (χ4n) is 3.47. The van der Waals surface area contributed by atoms with Crippen molar-refractivity contribution in [2.24, 2.45) is 0 Å². The fourth-order valence-corrected chi connectivity index (χ4v) is 5.05. The number of nitro groups is 1. The number of piperazine rings is 1. The number of carbonyl (C=O) groups is 1. The molecule has 1 fully saturated rings. The number of aliphatic hydroxyl groups excluding tert-OH is 1. The Hall–Kier alpha value is -3.06. The number of hydrogen-bond donors (Lipinski definition) is 1. The van der Waals surface area contributed by atoms with Gasteiger partial charge in [0.15, 0.2) is 4.90 Å². The maximum absolute atomic E-state index is 12.9. The summed E-state index contributed by atoms with van der Waals surface area (Å²) < 4.78 is 37.2. The molecule has 0 spiro atoms. The molecular weight excluding hydrogens is 454 g/mol. The van der Waals surface area contributed by atoms with Gasteiger partial charge >= 0.3 is 5.97 Å². The Morgan fingerprint density at radius 1 is 1.12 bits per heavy atom. The summed E-state index contributed by atoms with van der Waals surface area (Å²) in [5, 5.41) is 21.5. The number of hydrogen-bond acceptors (Lipinski definition) is 9. The Bertz CT molecular complexity index is 1080. The molecule has 0 saturated carbocycles. The molecule has 1 N–H and O–H groups in total. The first-order chi connectivity index (χ1) is 15.7. The third kappa shape index (κ3) is 6.05. The van der Waals surface area contributed by atoms with Crippen molar-refractivity contribution in [1.29, 1.82) is 0 Å². The van der Waals surface area contributed by atoms with E-state index in [1.54, 1.807) is 24.3 Å². The van der Waals surface area contributed by atoms with Crippen LogP contribution in [0.25, 0.3) is 0 Å². The highest BCUT2D eigenvalue weighted by Gasteiger charge is 2.33. The zero-order valence-corrected chi connectivity index (χ0v) is 18.8. The maximum Gasteiger partial charge on any atom is 0.337 e. The van der Waals surface area contributed by atoms with E-state index in [2.05, 4.69) is 4.74 Å². The quantitative estimate of drug-likeness (QED) is 0.318. The molecule has 1 unspecified atom stereocenters. The summed E-state index contributed by atoms with van der Waals surface area (Å²) >= 11 is 0. The zero-order chi connectivity index (χ0) is 24.0. The van der Waals surface area contributed by atoms with E-state index in [1.165, 1.54) is 35.7 Å². The summed E-state index contributed by atoms with van der Waals surface area (Å²) in [4.78, 5) is 23.5. The van der Waals surface area contributed by atoms with Crippen molar-refractivity contribution in [2.75, 3.05) is 46.4 Å². The number of β-amino-alcohol motifs (C(OH)–C–C–N with tert-alkyl or cyclic N) is 1. The Kier molecular flexibility index (Phi) is 7.97. The van der Waals surface area contributed by atoms with Gasteiger partial charge in [-0.2, -0.15) is 4.31 Å². The lowest BCUT2D eigenvalue weighted by molar-refractivity contribution is -0.387. The average molecular weight is 480 g/mol. The SMILES string of the molecule is COC(=O)c1ccc(OCC(O)CN2CCN(S(=O)(=O)c3ccccc3[N+](=O)[O-])CC2)cc1. The summed E-state index contributed by atoms with van der Waals surface area (Å²) in [6, 6.07) is 11.6. The predicted molar refractivity (Wildman–Crippen MR) is 118 cm³/mol. The molecule has 3 rings (SSSR count). The minimum Gasteiger partial charge on any atom is -0.491 e. The van der Waals surface area contributed by atoms with Crippen LogP contribution in [-0.4, -0.2) is 86.2 Å². The van der Waals surface area contributed by atoms with Crippen molar-refractivity contribution >= 4 is 21.7 Å². The van der Waals surface area contributed by atoms with Crippen molar-refractivity contribution in [2.45, 2.75) is 11.0 Å². The van der Waals surface area contributed by atoms with Gasteiger partial charge in [0, 0.05) is 38.8 Å². The summed E-state index contributed by atoms with van der Waals surface area (Å²) in [6.45, 7) is 1.33. The van der Waals surface area contributed by atoms with Gasteiger partial charge in [0.1, 0.15) is 18.5 Å². The van der Waals surface area contributed by atoms with Crippen molar-refractivity contribution in [3.8, 4) is 5.75 Å². The molecule has 0 aliphatic carbocycles. The van der Waals surface area contributed by atoms with E-state index >= 15 is 0 Å². The number of methoxy groups -OCH3 is 1. The number of aliphatic hydroxyl groups is 1. The average Bonchev–Trinajstić information content (AvgIpc) is 2.83. The van der Waals surface area contributed by atoms with Crippen LogP contribution >= 0.6 is 0 Å². The zero-order valence-electron chi connectivity index (χ0n) is 18.0. The maximum atomic E-state index is 12.9. The molecule has 1 aliphatic rings. The molecule has 33 heavy (non-hydrogen) atoms. The van der Waals surface area contributed by atoms with Crippen LogP contribution in [0, 0.1) is 10.1 Å². The van der Waals surface area contributed by atoms with Crippen LogP contribution in [0.4, 0.5) is 5.69 Å². The van der Waals surface area contributed by atoms with E-state index in [9.17, 15) is 28.4 Å². The van der Waals surface area contributed by atoms with Crippen LogP contribution < -0.4 is 4.74 Å². The van der Waals surface area contributed by atoms with Crippen molar-refractivity contribution in [3.05, 3.63) is 64.2 Å². The largest absolute Gasteiger partial charge is 0.491 e. The molecule has 0 amide bonds. The van der Waals surface area contributed by atoms with E-state index in [-0.39, 0.29) is 31.1 Å². The highest BCUT2D eigenvalue weighted by atomic mass is 32.2. The molecule has 0 radical (unpaired) electrons. The predicted octanol–water partition coefficient (Wildman–Crippen LogP) is 1.13. The summed E-state index contributed by atoms with van der Waals surface area (Å²) in [7, 11) is -2.71. The Morgan fingerprint density at radius 3 is 2.36 bits per heavy atom. The first kappa shape index (κ1) is 24.6. The minimum atomic E-state index is -4.00. The van der Waals surface area contributed by atoms with Crippen molar-refractivity contribution in [3.63, 3.8) is 0 Å². The molecule has 1 atom stereocenters. The van der Waals surface area contributed by atoms with Crippen LogP contribution in [0.5, 0.6) is 5.75 Å². The van der Waals surface area contributed by atoms with Gasteiger partial charge in [-0.25, -0.2) is 13.2 Å². The number of benzene rings is 2. The second-order valence-electron chi connectivity index (χ2n) is 7.41. The van der Waals surface area contributed by atoms with Crippen LogP contribution in [0.15, 0.2) is 53.4 Å². The molecule has 1 heterocycles. The highest BCUT2D eigenvalue weighted by molar-refractivity contribution is 7.89. The van der Waals surface area contributed by atoms with Crippen molar-refractivity contribution in [1.82, 2.24) is 9.21 Å². The molecule has 2 aromatic carbocycles. The number of rotatable bonds is 9. The number of esters is 1. The fraction of sp³-hybridized carbons (Fsp3) is 0.381. The minimum absolute atomic E-state index is 0.0201. The van der Waals surface area contributed by atoms with Crippen LogP contribution in [0.3, 0.4) is 0 Å². The normalized spacial score (nSPS) is 16.2. The molecule has 1 aliphatic heterocycles.